The van der Waals surface area contributed by atoms with Crippen molar-refractivity contribution in [3.8, 4) is 0 Å². The Morgan fingerprint density at radius 2 is 1.90 bits per heavy atom. The lowest BCUT2D eigenvalue weighted by Gasteiger charge is -2.70. The van der Waals surface area contributed by atoms with E-state index in [0.717, 1.165) is 7.11 Å². The summed E-state index contributed by atoms with van der Waals surface area (Å²) in [5.41, 5.74) is -10.1. The Kier molecular flexibility index (Phi) is 3.26. The number of aliphatic hydroxyl groups is 1. The SMILES string of the molecule is COC(=O)c1cnc(NC23CC4(F)CC5(O)CC(C4)(C2)C3(F)C5)nc1C(F)(F)F. The summed E-state index contributed by atoms with van der Waals surface area (Å²) in [7, 11) is 0.925. The molecule has 1 aromatic rings. The number of ether oxygens (including phenoxy) is 1. The Morgan fingerprint density at radius 3 is 2.55 bits per heavy atom. The zero-order valence-electron chi connectivity index (χ0n) is 15.4. The minimum absolute atomic E-state index is 0.00181. The van der Waals surface area contributed by atoms with Gasteiger partial charge in [0.15, 0.2) is 5.69 Å². The van der Waals surface area contributed by atoms with Crippen molar-refractivity contribution in [1.29, 1.82) is 0 Å². The molecule has 4 saturated carbocycles. The summed E-state index contributed by atoms with van der Waals surface area (Å²) in [5, 5.41) is 13.3. The van der Waals surface area contributed by atoms with Crippen molar-refractivity contribution in [3.05, 3.63) is 17.5 Å². The molecule has 4 aliphatic carbocycles. The van der Waals surface area contributed by atoms with Crippen LogP contribution in [0.15, 0.2) is 6.20 Å². The Morgan fingerprint density at radius 1 is 1.17 bits per heavy atom. The molecule has 11 heteroatoms. The molecule has 0 aromatic carbocycles. The lowest BCUT2D eigenvalue weighted by atomic mass is 9.39. The first-order chi connectivity index (χ1) is 13.3. The van der Waals surface area contributed by atoms with Gasteiger partial charge in [-0.3, -0.25) is 0 Å². The van der Waals surface area contributed by atoms with Crippen LogP contribution in [0.2, 0.25) is 0 Å². The van der Waals surface area contributed by atoms with E-state index in [1.165, 1.54) is 0 Å². The van der Waals surface area contributed by atoms with Crippen LogP contribution in [0.25, 0.3) is 0 Å². The zero-order chi connectivity index (χ0) is 21.1. The number of carbonyl (C=O) groups excluding carboxylic acids is 1. The zero-order valence-corrected chi connectivity index (χ0v) is 15.4. The van der Waals surface area contributed by atoms with Gasteiger partial charge in [-0.25, -0.2) is 23.5 Å². The van der Waals surface area contributed by atoms with Gasteiger partial charge in [-0.1, -0.05) is 0 Å². The third-order valence-corrected chi connectivity index (χ3v) is 7.21. The van der Waals surface area contributed by atoms with Crippen molar-refractivity contribution >= 4 is 11.9 Å². The average molecular weight is 419 g/mol. The molecule has 0 saturated heterocycles. The van der Waals surface area contributed by atoms with E-state index in [-0.39, 0.29) is 38.5 Å². The number of carbonyl (C=O) groups is 1. The summed E-state index contributed by atoms with van der Waals surface area (Å²) in [4.78, 5) is 18.8. The molecular weight excluding hydrogens is 401 g/mol. The molecule has 5 unspecified atom stereocenters. The van der Waals surface area contributed by atoms with E-state index in [0.29, 0.717) is 6.20 Å². The normalized spacial score (nSPS) is 44.4. The van der Waals surface area contributed by atoms with Gasteiger partial charge in [0.2, 0.25) is 5.95 Å². The molecule has 1 heterocycles. The van der Waals surface area contributed by atoms with Crippen LogP contribution in [-0.2, 0) is 10.9 Å². The molecule has 29 heavy (non-hydrogen) atoms. The van der Waals surface area contributed by atoms with Gasteiger partial charge in [0.25, 0.3) is 0 Å². The second kappa shape index (κ2) is 4.98. The quantitative estimate of drug-likeness (QED) is 0.579. The lowest BCUT2D eigenvalue weighted by Crippen LogP contribution is -2.80. The number of alkyl halides is 5. The summed E-state index contributed by atoms with van der Waals surface area (Å²) in [5.74, 6) is -1.80. The first-order valence-electron chi connectivity index (χ1n) is 9.20. The molecule has 5 rings (SSSR count). The van der Waals surface area contributed by atoms with Gasteiger partial charge in [0, 0.05) is 30.9 Å². The molecule has 6 nitrogen and oxygen atoms in total. The van der Waals surface area contributed by atoms with Crippen LogP contribution in [0, 0.1) is 5.41 Å². The van der Waals surface area contributed by atoms with Gasteiger partial charge >= 0.3 is 12.1 Å². The Hall–Kier alpha value is -2.04. The van der Waals surface area contributed by atoms with Gasteiger partial charge in [-0.2, -0.15) is 13.2 Å². The fourth-order valence-corrected chi connectivity index (χ4v) is 6.80. The smallest absolute Gasteiger partial charge is 0.434 e. The van der Waals surface area contributed by atoms with Crippen LogP contribution in [0.1, 0.15) is 54.6 Å². The number of esters is 1. The standard InChI is InChI=1S/C18H18F5N3O3/c1-29-11(27)9-2-24-12(25-10(9)18(21,22)23)26-16-5-13-3-14(19,7-16)6-15(28,4-13)8-17(13,16)20/h2,28H,3-8H2,1H3,(H,24,25,26). The highest BCUT2D eigenvalue weighted by Gasteiger charge is 2.88. The minimum atomic E-state index is -4.98. The molecule has 2 N–H and O–H groups in total. The lowest BCUT2D eigenvalue weighted by molar-refractivity contribution is -0.232. The molecule has 4 aliphatic rings. The second-order valence-electron chi connectivity index (χ2n) is 9.17. The Bertz CT molecular complexity index is 940. The number of fused-ring (bicyclic) bond motifs is 4. The fourth-order valence-electron chi connectivity index (χ4n) is 6.80. The summed E-state index contributed by atoms with van der Waals surface area (Å²) in [6.45, 7) is 0. The Balaban J connectivity index is 1.54. The molecule has 5 atom stereocenters. The monoisotopic (exact) mass is 419 g/mol. The number of rotatable bonds is 3. The third kappa shape index (κ3) is 2.22. The number of halogens is 5. The molecule has 0 aliphatic heterocycles. The van der Waals surface area contributed by atoms with Crippen LogP contribution in [0.4, 0.5) is 27.9 Å². The number of methoxy groups -OCH3 is 1. The third-order valence-electron chi connectivity index (χ3n) is 7.21. The fraction of sp³-hybridized carbons (Fsp3) is 0.722. The molecule has 1 aromatic heterocycles. The van der Waals surface area contributed by atoms with Crippen molar-refractivity contribution in [2.45, 2.75) is 67.2 Å². The van der Waals surface area contributed by atoms with Crippen LogP contribution >= 0.6 is 0 Å². The maximum atomic E-state index is 16.1. The van der Waals surface area contributed by atoms with E-state index in [1.807, 2.05) is 0 Å². The number of hydrogen-bond acceptors (Lipinski definition) is 6. The van der Waals surface area contributed by atoms with Gasteiger partial charge in [-0.05, 0) is 19.3 Å². The van der Waals surface area contributed by atoms with E-state index in [9.17, 15) is 23.1 Å². The molecule has 4 fully saturated rings. The van der Waals surface area contributed by atoms with Crippen molar-refractivity contribution in [2.24, 2.45) is 5.41 Å². The number of nitrogens with one attached hydrogen (secondary N) is 1. The van der Waals surface area contributed by atoms with E-state index < -0.39 is 57.2 Å². The van der Waals surface area contributed by atoms with E-state index in [2.05, 4.69) is 20.0 Å². The van der Waals surface area contributed by atoms with Crippen molar-refractivity contribution in [1.82, 2.24) is 9.97 Å². The van der Waals surface area contributed by atoms with Gasteiger partial charge in [-0.15, -0.1) is 0 Å². The van der Waals surface area contributed by atoms with Gasteiger partial charge < -0.3 is 15.2 Å². The van der Waals surface area contributed by atoms with E-state index in [1.54, 1.807) is 0 Å². The predicted octanol–water partition coefficient (Wildman–Crippen LogP) is 2.96. The van der Waals surface area contributed by atoms with Gasteiger partial charge in [0.05, 0.1) is 18.2 Å². The number of hydrogen-bond donors (Lipinski definition) is 2. The average Bonchev–Trinajstić information content (AvgIpc) is 2.68. The van der Waals surface area contributed by atoms with Gasteiger partial charge in [0.1, 0.15) is 16.9 Å². The second-order valence-corrected chi connectivity index (χ2v) is 9.17. The van der Waals surface area contributed by atoms with Crippen LogP contribution in [0.5, 0.6) is 0 Å². The molecule has 158 valence electrons. The number of aromatic nitrogens is 2. The van der Waals surface area contributed by atoms with Crippen LogP contribution < -0.4 is 5.32 Å². The number of nitrogens with zero attached hydrogens (tertiary/aromatic N) is 2. The predicted molar refractivity (Wildman–Crippen MR) is 87.5 cm³/mol. The summed E-state index contributed by atoms with van der Waals surface area (Å²) < 4.78 is 75.9. The van der Waals surface area contributed by atoms with E-state index >= 15 is 8.78 Å². The first-order valence-corrected chi connectivity index (χ1v) is 9.20. The van der Waals surface area contributed by atoms with Crippen molar-refractivity contribution < 1.29 is 36.6 Å². The maximum Gasteiger partial charge on any atom is 0.434 e. The van der Waals surface area contributed by atoms with Crippen molar-refractivity contribution in [2.75, 3.05) is 12.4 Å². The summed E-state index contributed by atoms with van der Waals surface area (Å²) in [6.07, 6.45) is -4.75. The highest BCUT2D eigenvalue weighted by Crippen LogP contribution is 2.82. The maximum absolute atomic E-state index is 16.1. The summed E-state index contributed by atoms with van der Waals surface area (Å²) >= 11 is 0. The highest BCUT2D eigenvalue weighted by atomic mass is 19.4. The molecule has 1 spiro atoms. The summed E-state index contributed by atoms with van der Waals surface area (Å²) in [6, 6.07) is 0. The van der Waals surface area contributed by atoms with Crippen LogP contribution in [-0.4, -0.2) is 50.6 Å². The molecule has 0 amide bonds. The largest absolute Gasteiger partial charge is 0.465 e. The molecule has 4 bridgehead atoms. The molecule has 0 radical (unpaired) electrons. The van der Waals surface area contributed by atoms with Crippen LogP contribution in [0.3, 0.4) is 0 Å². The minimum Gasteiger partial charge on any atom is -0.465 e. The van der Waals surface area contributed by atoms with E-state index in [4.69, 9.17) is 0 Å². The highest BCUT2D eigenvalue weighted by molar-refractivity contribution is 5.90. The first kappa shape index (κ1) is 19.0. The molecular formula is C18H18F5N3O3. The van der Waals surface area contributed by atoms with Crippen molar-refractivity contribution in [3.63, 3.8) is 0 Å². The number of anilines is 1. The topological polar surface area (TPSA) is 84.3 Å². The Labute approximate surface area is 161 Å².